The lowest BCUT2D eigenvalue weighted by atomic mass is 10.2. The van der Waals surface area contributed by atoms with Crippen molar-refractivity contribution >= 4 is 17.4 Å². The molecule has 0 radical (unpaired) electrons. The number of aliphatic hydroxyl groups is 1. The van der Waals surface area contributed by atoms with Gasteiger partial charge in [0.1, 0.15) is 0 Å². The van der Waals surface area contributed by atoms with Gasteiger partial charge in [0, 0.05) is 29.8 Å². The van der Waals surface area contributed by atoms with Crippen molar-refractivity contribution in [1.29, 1.82) is 0 Å². The first-order chi connectivity index (χ1) is 7.33. The van der Waals surface area contributed by atoms with E-state index in [4.69, 9.17) is 5.11 Å². The summed E-state index contributed by atoms with van der Waals surface area (Å²) in [6.07, 6.45) is 0.851. The highest BCUT2D eigenvalue weighted by Crippen LogP contribution is 2.36. The first-order valence-corrected chi connectivity index (χ1v) is 6.41. The van der Waals surface area contributed by atoms with Gasteiger partial charge in [-0.2, -0.15) is 0 Å². The molecule has 0 aliphatic carbocycles. The number of aliphatic hydroxyl groups excluding tert-OH is 1. The number of benzene rings is 1. The minimum Gasteiger partial charge on any atom is -0.396 e. The van der Waals surface area contributed by atoms with Crippen LogP contribution in [-0.2, 0) is 0 Å². The van der Waals surface area contributed by atoms with Crippen LogP contribution in [0, 0.1) is 0 Å². The molecule has 1 N–H and O–H groups in total. The molecule has 1 aromatic rings. The van der Waals surface area contributed by atoms with E-state index < -0.39 is 0 Å². The van der Waals surface area contributed by atoms with Crippen molar-refractivity contribution in [3.05, 3.63) is 24.3 Å². The topological polar surface area (TPSA) is 23.5 Å². The molecular formula is C12H17NOS. The van der Waals surface area contributed by atoms with Crippen molar-refractivity contribution in [2.45, 2.75) is 24.3 Å². The van der Waals surface area contributed by atoms with Crippen molar-refractivity contribution < 1.29 is 5.11 Å². The van der Waals surface area contributed by atoms with Gasteiger partial charge >= 0.3 is 0 Å². The summed E-state index contributed by atoms with van der Waals surface area (Å²) in [5.74, 6) is 1.14. The summed E-state index contributed by atoms with van der Waals surface area (Å²) in [5.41, 5.74) is 1.33. The van der Waals surface area contributed by atoms with Crippen LogP contribution in [0.2, 0.25) is 0 Å². The second-order valence-corrected chi connectivity index (χ2v) is 4.96. The quantitative estimate of drug-likeness (QED) is 0.851. The highest BCUT2D eigenvalue weighted by molar-refractivity contribution is 7.99. The smallest absolute Gasteiger partial charge is 0.0507 e. The van der Waals surface area contributed by atoms with Crippen LogP contribution in [0.3, 0.4) is 0 Å². The van der Waals surface area contributed by atoms with Gasteiger partial charge in [0.25, 0.3) is 0 Å². The van der Waals surface area contributed by atoms with Gasteiger partial charge in [-0.15, -0.1) is 11.8 Å². The second-order valence-electron chi connectivity index (χ2n) is 3.90. The molecule has 82 valence electrons. The largest absolute Gasteiger partial charge is 0.396 e. The Labute approximate surface area is 95.3 Å². The van der Waals surface area contributed by atoms with Gasteiger partial charge in [-0.05, 0) is 25.5 Å². The monoisotopic (exact) mass is 223 g/mol. The Bertz CT molecular complexity index is 329. The van der Waals surface area contributed by atoms with Gasteiger partial charge in [-0.25, -0.2) is 0 Å². The molecule has 0 saturated carbocycles. The summed E-state index contributed by atoms with van der Waals surface area (Å²) in [5, 5.41) is 8.90. The minimum absolute atomic E-state index is 0.276. The van der Waals surface area contributed by atoms with E-state index in [0.29, 0.717) is 6.04 Å². The Hall–Kier alpha value is -0.670. The van der Waals surface area contributed by atoms with Crippen LogP contribution in [0.4, 0.5) is 5.69 Å². The lowest BCUT2D eigenvalue weighted by Gasteiger charge is -2.36. The third kappa shape index (κ3) is 2.29. The predicted molar refractivity (Wildman–Crippen MR) is 65.7 cm³/mol. The van der Waals surface area contributed by atoms with E-state index in [-0.39, 0.29) is 6.61 Å². The summed E-state index contributed by atoms with van der Waals surface area (Å²) in [6.45, 7) is 3.48. The number of rotatable bonds is 3. The van der Waals surface area contributed by atoms with Gasteiger partial charge in [-0.1, -0.05) is 12.1 Å². The maximum absolute atomic E-state index is 8.90. The zero-order valence-electron chi connectivity index (χ0n) is 9.02. The number of para-hydroxylation sites is 1. The van der Waals surface area contributed by atoms with Gasteiger partial charge in [0.15, 0.2) is 0 Å². The molecule has 1 atom stereocenters. The molecule has 0 saturated heterocycles. The maximum Gasteiger partial charge on any atom is 0.0507 e. The van der Waals surface area contributed by atoms with Crippen LogP contribution in [0.1, 0.15) is 13.3 Å². The first kappa shape index (κ1) is 10.8. The van der Waals surface area contributed by atoms with E-state index in [1.807, 2.05) is 11.8 Å². The molecule has 0 aromatic heterocycles. The number of hydrogen-bond donors (Lipinski definition) is 1. The summed E-state index contributed by atoms with van der Waals surface area (Å²) in [7, 11) is 0. The zero-order chi connectivity index (χ0) is 10.7. The normalized spacial score (nSPS) is 20.1. The third-order valence-corrected chi connectivity index (χ3v) is 4.05. The molecule has 15 heavy (non-hydrogen) atoms. The number of hydrogen-bond acceptors (Lipinski definition) is 3. The van der Waals surface area contributed by atoms with Crippen molar-refractivity contribution in [2.24, 2.45) is 0 Å². The van der Waals surface area contributed by atoms with E-state index in [1.54, 1.807) is 0 Å². The maximum atomic E-state index is 8.90. The molecule has 1 aliphatic rings. The SMILES string of the molecule is CC1CSc2ccccc2N1CCCO. The van der Waals surface area contributed by atoms with E-state index in [9.17, 15) is 0 Å². The molecule has 2 rings (SSSR count). The van der Waals surface area contributed by atoms with E-state index >= 15 is 0 Å². The van der Waals surface area contributed by atoms with Gasteiger partial charge in [-0.3, -0.25) is 0 Å². The Kier molecular flexibility index (Phi) is 3.54. The van der Waals surface area contributed by atoms with E-state index in [1.165, 1.54) is 10.6 Å². The van der Waals surface area contributed by atoms with Crippen molar-refractivity contribution in [2.75, 3.05) is 23.8 Å². The van der Waals surface area contributed by atoms with Crippen LogP contribution < -0.4 is 4.90 Å². The Morgan fingerprint density at radius 3 is 3.07 bits per heavy atom. The fourth-order valence-electron chi connectivity index (χ4n) is 1.94. The molecule has 2 nitrogen and oxygen atoms in total. The van der Waals surface area contributed by atoms with Crippen molar-refractivity contribution in [3.63, 3.8) is 0 Å². The summed E-state index contributed by atoms with van der Waals surface area (Å²) in [6, 6.07) is 9.10. The summed E-state index contributed by atoms with van der Waals surface area (Å²) in [4.78, 5) is 3.77. The Balaban J connectivity index is 2.21. The van der Waals surface area contributed by atoms with E-state index in [0.717, 1.165) is 18.7 Å². The molecule has 1 aromatic carbocycles. The summed E-state index contributed by atoms with van der Waals surface area (Å²) >= 11 is 1.93. The average Bonchev–Trinajstić information content (AvgIpc) is 2.28. The molecule has 1 heterocycles. The highest BCUT2D eigenvalue weighted by atomic mass is 32.2. The van der Waals surface area contributed by atoms with Crippen LogP contribution in [0.25, 0.3) is 0 Å². The highest BCUT2D eigenvalue weighted by Gasteiger charge is 2.22. The second kappa shape index (κ2) is 4.90. The van der Waals surface area contributed by atoms with Crippen LogP contribution in [0.15, 0.2) is 29.2 Å². The average molecular weight is 223 g/mol. The molecule has 3 heteroatoms. The van der Waals surface area contributed by atoms with Crippen molar-refractivity contribution in [3.8, 4) is 0 Å². The fourth-order valence-corrected chi connectivity index (χ4v) is 3.04. The molecule has 0 fully saturated rings. The third-order valence-electron chi connectivity index (χ3n) is 2.74. The number of thioether (sulfide) groups is 1. The number of fused-ring (bicyclic) bond motifs is 1. The van der Waals surface area contributed by atoms with Gasteiger partial charge in [0.05, 0.1) is 5.69 Å². The molecule has 0 amide bonds. The zero-order valence-corrected chi connectivity index (χ0v) is 9.83. The first-order valence-electron chi connectivity index (χ1n) is 5.42. The predicted octanol–water partition coefficient (Wildman–Crippen LogP) is 2.37. The Morgan fingerprint density at radius 1 is 1.47 bits per heavy atom. The summed E-state index contributed by atoms with van der Waals surface area (Å²) < 4.78 is 0. The van der Waals surface area contributed by atoms with Gasteiger partial charge in [0.2, 0.25) is 0 Å². The molecule has 0 spiro atoms. The van der Waals surface area contributed by atoms with Crippen LogP contribution in [0.5, 0.6) is 0 Å². The number of nitrogens with zero attached hydrogens (tertiary/aromatic N) is 1. The fraction of sp³-hybridized carbons (Fsp3) is 0.500. The molecule has 1 unspecified atom stereocenters. The van der Waals surface area contributed by atoms with E-state index in [2.05, 4.69) is 36.1 Å². The lowest BCUT2D eigenvalue weighted by Crippen LogP contribution is -2.38. The number of anilines is 1. The Morgan fingerprint density at radius 2 is 2.27 bits per heavy atom. The lowest BCUT2D eigenvalue weighted by molar-refractivity contribution is 0.288. The minimum atomic E-state index is 0.276. The molecule has 0 bridgehead atoms. The van der Waals surface area contributed by atoms with Crippen LogP contribution >= 0.6 is 11.8 Å². The standard InChI is InChI=1S/C12H17NOS/c1-10-9-15-12-6-3-2-5-11(12)13(10)7-4-8-14/h2-3,5-6,10,14H,4,7-9H2,1H3. The van der Waals surface area contributed by atoms with Crippen LogP contribution in [-0.4, -0.2) is 30.1 Å². The molecule has 1 aliphatic heterocycles. The van der Waals surface area contributed by atoms with Crippen molar-refractivity contribution in [1.82, 2.24) is 0 Å². The molecular weight excluding hydrogens is 206 g/mol. The van der Waals surface area contributed by atoms with Gasteiger partial charge < -0.3 is 10.0 Å².